The van der Waals surface area contributed by atoms with E-state index < -0.39 is 0 Å². The Balaban J connectivity index is 1.81. The minimum atomic E-state index is 0.794. The van der Waals surface area contributed by atoms with Crippen molar-refractivity contribution in [1.82, 2.24) is 4.90 Å². The molecule has 1 aromatic rings. The molecule has 112 valence electrons. The molecule has 0 aliphatic carbocycles. The van der Waals surface area contributed by atoms with Crippen LogP contribution in [0, 0.1) is 5.92 Å². The maximum Gasteiger partial charge on any atom is 0.0407 e. The van der Waals surface area contributed by atoms with E-state index in [9.17, 15) is 0 Å². The Hall–Kier alpha value is -0.250. The average molecular weight is 360 g/mol. The van der Waals surface area contributed by atoms with Crippen molar-refractivity contribution < 1.29 is 0 Å². The van der Waals surface area contributed by atoms with E-state index in [0.29, 0.717) is 0 Å². The van der Waals surface area contributed by atoms with Crippen LogP contribution < -0.4 is 4.90 Å². The van der Waals surface area contributed by atoms with Crippen molar-refractivity contribution in [3.05, 3.63) is 29.3 Å². The summed E-state index contributed by atoms with van der Waals surface area (Å²) in [6.07, 6.45) is 2.60. The highest BCUT2D eigenvalue weighted by molar-refractivity contribution is 9.09. The standard InChI is InChI=1S/C16H24BrClN2/c1-2-3-14(12-17)13-19-8-10-20(11-9-19)16-6-4-15(18)5-7-16/h4-7,14H,2-3,8-13H2,1H3. The highest BCUT2D eigenvalue weighted by Crippen LogP contribution is 2.20. The van der Waals surface area contributed by atoms with E-state index in [1.165, 1.54) is 25.1 Å². The fourth-order valence-electron chi connectivity index (χ4n) is 2.83. The number of halogens is 2. The number of hydrogen-bond donors (Lipinski definition) is 0. The molecule has 4 heteroatoms. The molecule has 1 heterocycles. The number of alkyl halides is 1. The molecule has 20 heavy (non-hydrogen) atoms. The third kappa shape index (κ3) is 4.64. The van der Waals surface area contributed by atoms with E-state index in [1.54, 1.807) is 0 Å². The average Bonchev–Trinajstić information content (AvgIpc) is 2.48. The van der Waals surface area contributed by atoms with E-state index >= 15 is 0 Å². The number of benzene rings is 1. The summed E-state index contributed by atoms with van der Waals surface area (Å²) >= 11 is 9.59. The number of nitrogens with zero attached hydrogens (tertiary/aromatic N) is 2. The number of anilines is 1. The fraction of sp³-hybridized carbons (Fsp3) is 0.625. The Kier molecular flexibility index (Phi) is 6.66. The molecule has 2 rings (SSSR count). The molecule has 1 aromatic carbocycles. The van der Waals surface area contributed by atoms with Crippen molar-refractivity contribution in [2.45, 2.75) is 19.8 Å². The summed E-state index contributed by atoms with van der Waals surface area (Å²) in [7, 11) is 0. The lowest BCUT2D eigenvalue weighted by Gasteiger charge is -2.37. The monoisotopic (exact) mass is 358 g/mol. The predicted octanol–water partition coefficient (Wildman–Crippen LogP) is 4.27. The molecule has 0 N–H and O–H groups in total. The van der Waals surface area contributed by atoms with Gasteiger partial charge in [0.2, 0.25) is 0 Å². The molecule has 0 saturated carbocycles. The van der Waals surface area contributed by atoms with Crippen LogP contribution in [-0.4, -0.2) is 43.0 Å². The van der Waals surface area contributed by atoms with Crippen molar-refractivity contribution in [2.75, 3.05) is 43.0 Å². The highest BCUT2D eigenvalue weighted by Gasteiger charge is 2.19. The van der Waals surface area contributed by atoms with Gasteiger partial charge < -0.3 is 4.90 Å². The maximum absolute atomic E-state index is 5.95. The smallest absolute Gasteiger partial charge is 0.0407 e. The molecule has 1 aliphatic heterocycles. The molecule has 0 bridgehead atoms. The van der Waals surface area contributed by atoms with Gasteiger partial charge in [0.05, 0.1) is 0 Å². The van der Waals surface area contributed by atoms with E-state index in [2.05, 4.69) is 44.8 Å². The summed E-state index contributed by atoms with van der Waals surface area (Å²) in [4.78, 5) is 5.06. The van der Waals surface area contributed by atoms with Gasteiger partial charge in [0.1, 0.15) is 0 Å². The van der Waals surface area contributed by atoms with Gasteiger partial charge in [-0.1, -0.05) is 40.9 Å². The molecule has 1 fully saturated rings. The van der Waals surface area contributed by atoms with E-state index in [-0.39, 0.29) is 0 Å². The van der Waals surface area contributed by atoms with Crippen LogP contribution in [0.3, 0.4) is 0 Å². The summed E-state index contributed by atoms with van der Waals surface area (Å²) in [5.74, 6) is 0.794. The molecule has 1 atom stereocenters. The van der Waals surface area contributed by atoms with Gasteiger partial charge in [0.25, 0.3) is 0 Å². The lowest BCUT2D eigenvalue weighted by atomic mass is 10.1. The third-order valence-corrected chi connectivity index (χ3v) is 5.16. The van der Waals surface area contributed by atoms with Crippen LogP contribution in [0.15, 0.2) is 24.3 Å². The molecule has 1 aliphatic rings. The molecule has 1 saturated heterocycles. The van der Waals surface area contributed by atoms with Crippen LogP contribution in [0.25, 0.3) is 0 Å². The summed E-state index contributed by atoms with van der Waals surface area (Å²) in [5.41, 5.74) is 1.29. The second kappa shape index (κ2) is 8.26. The van der Waals surface area contributed by atoms with Gasteiger partial charge in [-0.15, -0.1) is 0 Å². The first-order valence-electron chi connectivity index (χ1n) is 7.51. The van der Waals surface area contributed by atoms with Gasteiger partial charge in [0.15, 0.2) is 0 Å². The van der Waals surface area contributed by atoms with Gasteiger partial charge in [-0.3, -0.25) is 4.90 Å². The molecular formula is C16H24BrClN2. The summed E-state index contributed by atoms with van der Waals surface area (Å²) in [5, 5.41) is 1.94. The Bertz CT molecular complexity index is 388. The minimum Gasteiger partial charge on any atom is -0.369 e. The zero-order valence-electron chi connectivity index (χ0n) is 12.2. The maximum atomic E-state index is 5.95. The largest absolute Gasteiger partial charge is 0.369 e. The van der Waals surface area contributed by atoms with E-state index in [4.69, 9.17) is 11.6 Å². The Labute approximate surface area is 136 Å². The normalized spacial score (nSPS) is 18.2. The Morgan fingerprint density at radius 3 is 2.35 bits per heavy atom. The lowest BCUT2D eigenvalue weighted by Crippen LogP contribution is -2.48. The molecular weight excluding hydrogens is 336 g/mol. The van der Waals surface area contributed by atoms with Gasteiger partial charge in [0, 0.05) is 48.8 Å². The first kappa shape index (κ1) is 16.1. The molecule has 0 radical (unpaired) electrons. The topological polar surface area (TPSA) is 6.48 Å². The first-order valence-corrected chi connectivity index (χ1v) is 9.01. The van der Waals surface area contributed by atoms with E-state index in [0.717, 1.165) is 42.4 Å². The van der Waals surface area contributed by atoms with Crippen molar-refractivity contribution in [1.29, 1.82) is 0 Å². The number of piperazine rings is 1. The fourth-order valence-corrected chi connectivity index (χ4v) is 3.49. The summed E-state index contributed by atoms with van der Waals surface area (Å²) < 4.78 is 0. The predicted molar refractivity (Wildman–Crippen MR) is 92.3 cm³/mol. The summed E-state index contributed by atoms with van der Waals surface area (Å²) in [6, 6.07) is 8.20. The van der Waals surface area contributed by atoms with Gasteiger partial charge in [-0.05, 0) is 36.6 Å². The zero-order valence-corrected chi connectivity index (χ0v) is 14.5. The molecule has 0 amide bonds. The van der Waals surface area contributed by atoms with Crippen LogP contribution in [0.4, 0.5) is 5.69 Å². The highest BCUT2D eigenvalue weighted by atomic mass is 79.9. The Morgan fingerprint density at radius 1 is 1.15 bits per heavy atom. The van der Waals surface area contributed by atoms with Crippen LogP contribution in [0.5, 0.6) is 0 Å². The molecule has 1 unspecified atom stereocenters. The van der Waals surface area contributed by atoms with Gasteiger partial charge in [-0.2, -0.15) is 0 Å². The van der Waals surface area contributed by atoms with Crippen LogP contribution >= 0.6 is 27.5 Å². The van der Waals surface area contributed by atoms with Crippen molar-refractivity contribution in [2.24, 2.45) is 5.92 Å². The third-order valence-electron chi connectivity index (χ3n) is 4.00. The molecule has 0 aromatic heterocycles. The van der Waals surface area contributed by atoms with Crippen LogP contribution in [-0.2, 0) is 0 Å². The second-order valence-electron chi connectivity index (χ2n) is 5.57. The van der Waals surface area contributed by atoms with Crippen LogP contribution in [0.2, 0.25) is 5.02 Å². The SMILES string of the molecule is CCCC(CBr)CN1CCN(c2ccc(Cl)cc2)CC1. The van der Waals surface area contributed by atoms with Gasteiger partial charge >= 0.3 is 0 Å². The van der Waals surface area contributed by atoms with Crippen molar-refractivity contribution >= 4 is 33.2 Å². The van der Waals surface area contributed by atoms with Gasteiger partial charge in [-0.25, -0.2) is 0 Å². The molecule has 0 spiro atoms. The first-order chi connectivity index (χ1) is 9.72. The van der Waals surface area contributed by atoms with Crippen LogP contribution in [0.1, 0.15) is 19.8 Å². The quantitative estimate of drug-likeness (QED) is 0.700. The van der Waals surface area contributed by atoms with E-state index in [1.807, 2.05) is 12.1 Å². The minimum absolute atomic E-state index is 0.794. The van der Waals surface area contributed by atoms with Crippen molar-refractivity contribution in [3.8, 4) is 0 Å². The van der Waals surface area contributed by atoms with Crippen molar-refractivity contribution in [3.63, 3.8) is 0 Å². The number of hydrogen-bond acceptors (Lipinski definition) is 2. The summed E-state index contributed by atoms with van der Waals surface area (Å²) in [6.45, 7) is 8.05. The Morgan fingerprint density at radius 2 is 1.80 bits per heavy atom. The number of rotatable bonds is 6. The molecule has 2 nitrogen and oxygen atoms in total. The second-order valence-corrected chi connectivity index (χ2v) is 6.66. The zero-order chi connectivity index (χ0) is 14.4. The lowest BCUT2D eigenvalue weighted by molar-refractivity contribution is 0.222.